The van der Waals surface area contributed by atoms with E-state index in [9.17, 15) is 0 Å². The molecule has 1 aromatic carbocycles. The maximum atomic E-state index is 6.04. The number of nitrogens with one attached hydrogen (secondary N) is 1. The molecule has 2 rings (SSSR count). The highest BCUT2D eigenvalue weighted by Gasteiger charge is 2.11. The molecule has 1 atom stereocenters. The topological polar surface area (TPSA) is 63.9 Å². The van der Waals surface area contributed by atoms with Gasteiger partial charge in [0.2, 0.25) is 0 Å². The molecule has 0 aliphatic heterocycles. The standard InChI is InChI=1S/C11H13N3O/c1-15-9-4-2-3-8(7-9)10(12)11-13-5-6-14-11/h2-7,10H,12H2,1H3,(H,13,14). The average Bonchev–Trinajstić information content (AvgIpc) is 2.81. The number of benzene rings is 1. The second-order valence-corrected chi connectivity index (χ2v) is 3.23. The lowest BCUT2D eigenvalue weighted by Gasteiger charge is -2.10. The number of nitrogens with two attached hydrogens (primary N) is 1. The first kappa shape index (κ1) is 9.73. The summed E-state index contributed by atoms with van der Waals surface area (Å²) in [6.07, 6.45) is 3.45. The molecule has 0 fully saturated rings. The molecule has 0 spiro atoms. The molecule has 1 unspecified atom stereocenters. The lowest BCUT2D eigenvalue weighted by molar-refractivity contribution is 0.414. The Hall–Kier alpha value is -1.81. The largest absolute Gasteiger partial charge is 0.497 e. The number of nitrogens with zero attached hydrogens (tertiary/aromatic N) is 1. The summed E-state index contributed by atoms with van der Waals surface area (Å²) >= 11 is 0. The molecule has 0 aliphatic rings. The Labute approximate surface area is 88.1 Å². The molecule has 2 aromatic rings. The third-order valence-corrected chi connectivity index (χ3v) is 2.27. The highest BCUT2D eigenvalue weighted by atomic mass is 16.5. The van der Waals surface area contributed by atoms with E-state index in [0.717, 1.165) is 17.1 Å². The minimum atomic E-state index is -0.241. The zero-order valence-corrected chi connectivity index (χ0v) is 8.47. The van der Waals surface area contributed by atoms with Crippen molar-refractivity contribution in [2.75, 3.05) is 7.11 Å². The van der Waals surface area contributed by atoms with E-state index in [-0.39, 0.29) is 6.04 Å². The van der Waals surface area contributed by atoms with Crippen molar-refractivity contribution >= 4 is 0 Å². The van der Waals surface area contributed by atoms with Gasteiger partial charge in [-0.2, -0.15) is 0 Å². The molecule has 3 N–H and O–H groups in total. The van der Waals surface area contributed by atoms with Crippen molar-refractivity contribution in [2.24, 2.45) is 5.73 Å². The molecule has 0 saturated carbocycles. The maximum absolute atomic E-state index is 6.04. The molecule has 1 heterocycles. The van der Waals surface area contributed by atoms with E-state index in [1.807, 2.05) is 24.3 Å². The Balaban J connectivity index is 2.29. The van der Waals surface area contributed by atoms with Crippen LogP contribution < -0.4 is 10.5 Å². The fourth-order valence-electron chi connectivity index (χ4n) is 1.44. The van der Waals surface area contributed by atoms with Gasteiger partial charge in [0.25, 0.3) is 0 Å². The Morgan fingerprint density at radius 3 is 3.00 bits per heavy atom. The second-order valence-electron chi connectivity index (χ2n) is 3.23. The van der Waals surface area contributed by atoms with Gasteiger partial charge in [-0.1, -0.05) is 12.1 Å². The zero-order chi connectivity index (χ0) is 10.7. The number of hydrogen-bond acceptors (Lipinski definition) is 3. The summed E-state index contributed by atoms with van der Waals surface area (Å²) in [6, 6.07) is 7.42. The number of rotatable bonds is 3. The minimum Gasteiger partial charge on any atom is -0.497 e. The van der Waals surface area contributed by atoms with Crippen molar-refractivity contribution in [3.8, 4) is 5.75 Å². The smallest absolute Gasteiger partial charge is 0.127 e. The number of hydrogen-bond donors (Lipinski definition) is 2. The SMILES string of the molecule is COc1cccc(C(N)c2ncc[nH]2)c1. The van der Waals surface area contributed by atoms with Crippen LogP contribution in [0.3, 0.4) is 0 Å². The van der Waals surface area contributed by atoms with Crippen LogP contribution in [0.25, 0.3) is 0 Å². The summed E-state index contributed by atoms with van der Waals surface area (Å²) in [5.41, 5.74) is 7.01. The van der Waals surface area contributed by atoms with Crippen molar-refractivity contribution in [1.29, 1.82) is 0 Å². The summed E-state index contributed by atoms with van der Waals surface area (Å²) in [4.78, 5) is 7.12. The van der Waals surface area contributed by atoms with Crippen molar-refractivity contribution < 1.29 is 4.74 Å². The predicted molar refractivity (Wildman–Crippen MR) is 57.6 cm³/mol. The van der Waals surface area contributed by atoms with Gasteiger partial charge in [0, 0.05) is 12.4 Å². The van der Waals surface area contributed by atoms with Gasteiger partial charge in [-0.05, 0) is 17.7 Å². The van der Waals surface area contributed by atoms with Gasteiger partial charge in [-0.15, -0.1) is 0 Å². The molecule has 1 aromatic heterocycles. The van der Waals surface area contributed by atoms with E-state index < -0.39 is 0 Å². The Morgan fingerprint density at radius 2 is 2.33 bits per heavy atom. The van der Waals surface area contributed by atoms with Crippen LogP contribution in [0.4, 0.5) is 0 Å². The molecular weight excluding hydrogens is 190 g/mol. The van der Waals surface area contributed by atoms with E-state index in [4.69, 9.17) is 10.5 Å². The number of H-pyrrole nitrogens is 1. The monoisotopic (exact) mass is 203 g/mol. The molecule has 0 amide bonds. The van der Waals surface area contributed by atoms with E-state index in [2.05, 4.69) is 9.97 Å². The number of methoxy groups -OCH3 is 1. The van der Waals surface area contributed by atoms with Gasteiger partial charge in [-0.25, -0.2) is 4.98 Å². The highest BCUT2D eigenvalue weighted by Crippen LogP contribution is 2.20. The summed E-state index contributed by atoms with van der Waals surface area (Å²) in [6.45, 7) is 0. The first-order chi connectivity index (χ1) is 7.31. The van der Waals surface area contributed by atoms with Crippen LogP contribution in [0, 0.1) is 0 Å². The fraction of sp³-hybridized carbons (Fsp3) is 0.182. The second kappa shape index (κ2) is 4.14. The van der Waals surface area contributed by atoms with Gasteiger partial charge in [0.1, 0.15) is 11.6 Å². The van der Waals surface area contributed by atoms with Crippen LogP contribution in [-0.4, -0.2) is 17.1 Å². The Kier molecular flexibility index (Phi) is 2.69. The molecule has 4 heteroatoms. The minimum absolute atomic E-state index is 0.241. The van der Waals surface area contributed by atoms with Gasteiger partial charge < -0.3 is 15.5 Å². The average molecular weight is 203 g/mol. The third-order valence-electron chi connectivity index (χ3n) is 2.27. The van der Waals surface area contributed by atoms with Crippen molar-refractivity contribution in [3.05, 3.63) is 48.0 Å². The third kappa shape index (κ3) is 1.99. The van der Waals surface area contributed by atoms with E-state index in [1.54, 1.807) is 19.5 Å². The van der Waals surface area contributed by atoms with E-state index in [0.29, 0.717) is 0 Å². The fourth-order valence-corrected chi connectivity index (χ4v) is 1.44. The van der Waals surface area contributed by atoms with Crippen molar-refractivity contribution in [2.45, 2.75) is 6.04 Å². The summed E-state index contributed by atoms with van der Waals surface area (Å²) in [7, 11) is 1.64. The van der Waals surface area contributed by atoms with Crippen LogP contribution in [0.1, 0.15) is 17.4 Å². The Bertz CT molecular complexity index is 425. The van der Waals surface area contributed by atoms with E-state index >= 15 is 0 Å². The first-order valence-corrected chi connectivity index (χ1v) is 4.70. The molecule has 0 aliphatic carbocycles. The van der Waals surface area contributed by atoms with Gasteiger partial charge in [0.05, 0.1) is 13.2 Å². The number of imidazole rings is 1. The van der Waals surface area contributed by atoms with Crippen LogP contribution in [0.15, 0.2) is 36.7 Å². The van der Waals surface area contributed by atoms with E-state index in [1.165, 1.54) is 0 Å². The molecule has 4 nitrogen and oxygen atoms in total. The van der Waals surface area contributed by atoms with Gasteiger partial charge in [-0.3, -0.25) is 0 Å². The van der Waals surface area contributed by atoms with Crippen molar-refractivity contribution in [3.63, 3.8) is 0 Å². The molecule has 78 valence electrons. The van der Waals surface area contributed by atoms with Crippen LogP contribution in [0.5, 0.6) is 5.75 Å². The first-order valence-electron chi connectivity index (χ1n) is 4.70. The summed E-state index contributed by atoms with van der Waals surface area (Å²) in [5.74, 6) is 1.55. The maximum Gasteiger partial charge on any atom is 0.127 e. The molecule has 0 bridgehead atoms. The number of aromatic nitrogens is 2. The number of ether oxygens (including phenoxy) is 1. The highest BCUT2D eigenvalue weighted by molar-refractivity contribution is 5.32. The summed E-state index contributed by atoms with van der Waals surface area (Å²) in [5, 5.41) is 0. The summed E-state index contributed by atoms with van der Waals surface area (Å²) < 4.78 is 5.14. The molecule has 15 heavy (non-hydrogen) atoms. The predicted octanol–water partition coefficient (Wildman–Crippen LogP) is 1.47. The Morgan fingerprint density at radius 1 is 1.47 bits per heavy atom. The van der Waals surface area contributed by atoms with Crippen molar-refractivity contribution in [1.82, 2.24) is 9.97 Å². The van der Waals surface area contributed by atoms with Crippen LogP contribution in [0.2, 0.25) is 0 Å². The molecule has 0 saturated heterocycles. The van der Waals surface area contributed by atoms with Crippen LogP contribution >= 0.6 is 0 Å². The number of aromatic amines is 1. The quantitative estimate of drug-likeness (QED) is 0.793. The van der Waals surface area contributed by atoms with Crippen LogP contribution in [-0.2, 0) is 0 Å². The molecular formula is C11H13N3O. The van der Waals surface area contributed by atoms with Gasteiger partial charge in [0.15, 0.2) is 0 Å². The molecule has 0 radical (unpaired) electrons. The normalized spacial score (nSPS) is 12.4. The lowest BCUT2D eigenvalue weighted by atomic mass is 10.1. The van der Waals surface area contributed by atoms with Gasteiger partial charge >= 0.3 is 0 Å². The zero-order valence-electron chi connectivity index (χ0n) is 8.47. The lowest BCUT2D eigenvalue weighted by Crippen LogP contribution is -2.13.